The zero-order valence-corrected chi connectivity index (χ0v) is 20.5. The molecule has 2 fully saturated rings. The molecule has 0 heterocycles. The van der Waals surface area contributed by atoms with Gasteiger partial charge in [-0.25, -0.2) is 0 Å². The second kappa shape index (κ2) is 14.1. The van der Waals surface area contributed by atoms with E-state index in [0.717, 1.165) is 48.4 Å². The van der Waals surface area contributed by atoms with E-state index in [1.54, 1.807) is 0 Å². The quantitative estimate of drug-likeness (QED) is 0.292. The zero-order chi connectivity index (χ0) is 21.7. The molecular formula is C29H48O2. The lowest BCUT2D eigenvalue weighted by Crippen LogP contribution is -2.20. The van der Waals surface area contributed by atoms with Crippen LogP contribution in [-0.4, -0.2) is 13.2 Å². The highest BCUT2D eigenvalue weighted by molar-refractivity contribution is 5.31. The summed E-state index contributed by atoms with van der Waals surface area (Å²) in [5.41, 5.74) is 0. The summed E-state index contributed by atoms with van der Waals surface area (Å²) in [6.45, 7) is 6.36. The lowest BCUT2D eigenvalue weighted by molar-refractivity contribution is 0.177. The Morgan fingerprint density at radius 1 is 0.613 bits per heavy atom. The van der Waals surface area contributed by atoms with E-state index in [2.05, 4.69) is 38.1 Å². The third-order valence-electron chi connectivity index (χ3n) is 8.06. The van der Waals surface area contributed by atoms with Crippen molar-refractivity contribution in [3.05, 3.63) is 24.3 Å². The topological polar surface area (TPSA) is 18.5 Å². The van der Waals surface area contributed by atoms with E-state index in [0.29, 0.717) is 0 Å². The third-order valence-corrected chi connectivity index (χ3v) is 8.06. The molecule has 2 nitrogen and oxygen atoms in total. The van der Waals surface area contributed by atoms with Crippen molar-refractivity contribution >= 4 is 0 Å². The van der Waals surface area contributed by atoms with E-state index in [9.17, 15) is 0 Å². The van der Waals surface area contributed by atoms with Gasteiger partial charge < -0.3 is 9.47 Å². The lowest BCUT2D eigenvalue weighted by atomic mass is 9.79. The molecule has 2 saturated carbocycles. The molecule has 1 aromatic carbocycles. The number of rotatable bonds is 13. The summed E-state index contributed by atoms with van der Waals surface area (Å²) in [7, 11) is 0. The van der Waals surface area contributed by atoms with Crippen LogP contribution in [0.25, 0.3) is 0 Å². The Balaban J connectivity index is 1.24. The maximum atomic E-state index is 6.10. The Kier molecular flexibility index (Phi) is 11.1. The molecule has 0 N–H and O–H groups in total. The lowest BCUT2D eigenvalue weighted by Gasteiger charge is -2.28. The summed E-state index contributed by atoms with van der Waals surface area (Å²) in [4.78, 5) is 0. The Morgan fingerprint density at radius 2 is 1.13 bits per heavy atom. The predicted molar refractivity (Wildman–Crippen MR) is 132 cm³/mol. The summed E-state index contributed by atoms with van der Waals surface area (Å²) >= 11 is 0. The number of ether oxygens (including phenoxy) is 2. The summed E-state index contributed by atoms with van der Waals surface area (Å²) in [5, 5.41) is 0. The van der Waals surface area contributed by atoms with Gasteiger partial charge in [-0.05, 0) is 73.6 Å². The van der Waals surface area contributed by atoms with Gasteiger partial charge in [0.25, 0.3) is 0 Å². The van der Waals surface area contributed by atoms with Crippen molar-refractivity contribution in [2.75, 3.05) is 13.2 Å². The molecule has 0 bridgehead atoms. The minimum absolute atomic E-state index is 0.741. The van der Waals surface area contributed by atoms with Crippen molar-refractivity contribution < 1.29 is 9.47 Å². The van der Waals surface area contributed by atoms with Crippen molar-refractivity contribution in [3.8, 4) is 11.5 Å². The molecule has 0 unspecified atom stereocenters. The SMILES string of the molecule is CCCCC[C@H]1CC[C@H](COc2ccc(OCCC[C@H]3CC[C@H](CC)CC3)cc2)CC1. The van der Waals surface area contributed by atoms with Gasteiger partial charge in [0, 0.05) is 0 Å². The molecule has 0 spiro atoms. The second-order valence-corrected chi connectivity index (χ2v) is 10.5. The van der Waals surface area contributed by atoms with E-state index >= 15 is 0 Å². The van der Waals surface area contributed by atoms with Crippen molar-refractivity contribution in [2.45, 2.75) is 110 Å². The van der Waals surface area contributed by atoms with Crippen LogP contribution >= 0.6 is 0 Å². The summed E-state index contributed by atoms with van der Waals surface area (Å²) in [5.74, 6) is 5.63. The molecule has 0 saturated heterocycles. The van der Waals surface area contributed by atoms with Crippen LogP contribution in [0.1, 0.15) is 110 Å². The molecule has 0 amide bonds. The molecular weight excluding hydrogens is 380 g/mol. The van der Waals surface area contributed by atoms with Gasteiger partial charge in [-0.1, -0.05) is 84.5 Å². The van der Waals surface area contributed by atoms with E-state index in [-0.39, 0.29) is 0 Å². The zero-order valence-electron chi connectivity index (χ0n) is 20.5. The smallest absolute Gasteiger partial charge is 0.119 e. The van der Waals surface area contributed by atoms with Crippen LogP contribution in [0.5, 0.6) is 11.5 Å². The molecule has 31 heavy (non-hydrogen) atoms. The van der Waals surface area contributed by atoms with Crippen molar-refractivity contribution in [2.24, 2.45) is 23.7 Å². The summed E-state index contributed by atoms with van der Waals surface area (Å²) in [6.07, 6.45) is 20.8. The maximum Gasteiger partial charge on any atom is 0.119 e. The average Bonchev–Trinajstić information content (AvgIpc) is 2.82. The standard InChI is InChI=1S/C29H48O2/c1-3-5-6-8-25-14-16-27(17-15-25)23-31-29-20-18-28(19-21-29)30-22-7-9-26-12-10-24(4-2)11-13-26/h18-21,24-27H,3-17,22-23H2,1-2H3/t24-,25-,26-,27-. The molecule has 0 atom stereocenters. The monoisotopic (exact) mass is 428 g/mol. The fourth-order valence-electron chi connectivity index (χ4n) is 5.71. The Hall–Kier alpha value is -1.18. The summed E-state index contributed by atoms with van der Waals surface area (Å²) < 4.78 is 12.1. The van der Waals surface area contributed by atoms with Gasteiger partial charge in [0.2, 0.25) is 0 Å². The number of benzene rings is 1. The second-order valence-electron chi connectivity index (χ2n) is 10.5. The average molecular weight is 429 g/mol. The minimum Gasteiger partial charge on any atom is -0.494 e. The van der Waals surface area contributed by atoms with Crippen LogP contribution in [-0.2, 0) is 0 Å². The fourth-order valence-corrected chi connectivity index (χ4v) is 5.71. The van der Waals surface area contributed by atoms with Crippen molar-refractivity contribution in [1.29, 1.82) is 0 Å². The number of unbranched alkanes of at least 4 members (excludes halogenated alkanes) is 2. The highest BCUT2D eigenvalue weighted by Crippen LogP contribution is 2.34. The molecule has 2 aliphatic rings. The van der Waals surface area contributed by atoms with E-state index < -0.39 is 0 Å². The van der Waals surface area contributed by atoms with Crippen LogP contribution in [0.15, 0.2) is 24.3 Å². The normalized spacial score (nSPS) is 26.5. The third kappa shape index (κ3) is 9.07. The molecule has 2 aliphatic carbocycles. The molecule has 1 aromatic rings. The van der Waals surface area contributed by atoms with E-state index in [1.807, 2.05) is 0 Å². The number of hydrogen-bond donors (Lipinski definition) is 0. The van der Waals surface area contributed by atoms with Crippen LogP contribution in [0.3, 0.4) is 0 Å². The molecule has 176 valence electrons. The van der Waals surface area contributed by atoms with Crippen LogP contribution in [0, 0.1) is 23.7 Å². The first kappa shape index (κ1) is 24.5. The first-order chi connectivity index (χ1) is 15.3. The Labute approximate surface area is 192 Å². The molecule has 3 rings (SSSR count). The first-order valence-electron chi connectivity index (χ1n) is 13.6. The van der Waals surface area contributed by atoms with Gasteiger partial charge in [0.15, 0.2) is 0 Å². The highest BCUT2D eigenvalue weighted by atomic mass is 16.5. The van der Waals surface area contributed by atoms with Gasteiger partial charge in [0.1, 0.15) is 11.5 Å². The van der Waals surface area contributed by atoms with E-state index in [1.165, 1.54) is 96.3 Å². The molecule has 0 aromatic heterocycles. The molecule has 0 radical (unpaired) electrons. The van der Waals surface area contributed by atoms with Crippen molar-refractivity contribution in [1.82, 2.24) is 0 Å². The van der Waals surface area contributed by atoms with Crippen LogP contribution < -0.4 is 9.47 Å². The molecule has 2 heteroatoms. The fraction of sp³-hybridized carbons (Fsp3) is 0.793. The Bertz CT molecular complexity index is 565. The van der Waals surface area contributed by atoms with Gasteiger partial charge >= 0.3 is 0 Å². The minimum atomic E-state index is 0.741. The Morgan fingerprint density at radius 3 is 1.71 bits per heavy atom. The molecule has 0 aliphatic heterocycles. The van der Waals surface area contributed by atoms with Gasteiger partial charge in [-0.15, -0.1) is 0 Å². The highest BCUT2D eigenvalue weighted by Gasteiger charge is 2.21. The largest absolute Gasteiger partial charge is 0.494 e. The number of hydrogen-bond acceptors (Lipinski definition) is 2. The van der Waals surface area contributed by atoms with E-state index in [4.69, 9.17) is 9.47 Å². The van der Waals surface area contributed by atoms with Gasteiger partial charge in [-0.3, -0.25) is 0 Å². The van der Waals surface area contributed by atoms with Gasteiger partial charge in [0.05, 0.1) is 13.2 Å². The van der Waals surface area contributed by atoms with Gasteiger partial charge in [-0.2, -0.15) is 0 Å². The maximum absolute atomic E-state index is 6.10. The van der Waals surface area contributed by atoms with Crippen LogP contribution in [0.2, 0.25) is 0 Å². The summed E-state index contributed by atoms with van der Waals surface area (Å²) in [6, 6.07) is 8.31. The van der Waals surface area contributed by atoms with Crippen LogP contribution in [0.4, 0.5) is 0 Å². The van der Waals surface area contributed by atoms with Crippen molar-refractivity contribution in [3.63, 3.8) is 0 Å². The first-order valence-corrected chi connectivity index (χ1v) is 13.6. The predicted octanol–water partition coefficient (Wildman–Crippen LogP) is 8.83.